The molecule has 28 heavy (non-hydrogen) atoms. The molecule has 2 heterocycles. The second-order valence-corrected chi connectivity index (χ2v) is 9.60. The summed E-state index contributed by atoms with van der Waals surface area (Å²) in [6.45, 7) is 2.46. The summed E-state index contributed by atoms with van der Waals surface area (Å²) in [5.41, 5.74) is 0.489. The Balaban J connectivity index is 1.58. The molecule has 0 radical (unpaired) electrons. The van der Waals surface area contributed by atoms with Crippen molar-refractivity contribution in [1.82, 2.24) is 14.9 Å². The Morgan fingerprint density at radius 2 is 2.07 bits per heavy atom. The van der Waals surface area contributed by atoms with E-state index in [1.54, 1.807) is 15.9 Å². The third kappa shape index (κ3) is 3.46. The molecule has 2 aromatic rings. The molecule has 0 bridgehead atoms. The highest BCUT2D eigenvalue weighted by molar-refractivity contribution is 7.99. The average molecular weight is 417 g/mol. The summed E-state index contributed by atoms with van der Waals surface area (Å²) in [4.78, 5) is 32.4. The van der Waals surface area contributed by atoms with Gasteiger partial charge in [0.2, 0.25) is 5.91 Å². The largest absolute Gasteiger partial charge is 0.337 e. The van der Waals surface area contributed by atoms with Crippen LogP contribution in [0.25, 0.3) is 10.2 Å². The molecule has 0 aromatic carbocycles. The van der Waals surface area contributed by atoms with Crippen molar-refractivity contribution in [2.24, 2.45) is 0 Å². The summed E-state index contributed by atoms with van der Waals surface area (Å²) >= 11 is 2.91. The number of nitriles is 1. The first-order chi connectivity index (χ1) is 13.6. The number of hydrogen-bond donors (Lipinski definition) is 1. The minimum absolute atomic E-state index is 0.0131. The maximum absolute atomic E-state index is 13.1. The zero-order valence-electron chi connectivity index (χ0n) is 16.0. The molecule has 8 heteroatoms. The van der Waals surface area contributed by atoms with Gasteiger partial charge in [-0.25, -0.2) is 4.98 Å². The molecule has 0 aliphatic heterocycles. The third-order valence-corrected chi connectivity index (χ3v) is 7.90. The van der Waals surface area contributed by atoms with Crippen molar-refractivity contribution < 1.29 is 4.79 Å². The first-order valence-corrected chi connectivity index (χ1v) is 11.8. The van der Waals surface area contributed by atoms with Gasteiger partial charge in [0.25, 0.3) is 5.56 Å². The van der Waals surface area contributed by atoms with Gasteiger partial charge in [-0.3, -0.25) is 14.2 Å². The number of carbonyl (C=O) groups excluding carboxylic acids is 1. The lowest BCUT2D eigenvalue weighted by Crippen LogP contribution is -2.45. The van der Waals surface area contributed by atoms with Gasteiger partial charge in [0, 0.05) is 11.4 Å². The zero-order valence-corrected chi connectivity index (χ0v) is 17.7. The maximum Gasteiger partial charge on any atom is 0.263 e. The van der Waals surface area contributed by atoms with Crippen molar-refractivity contribution in [2.45, 2.75) is 75.5 Å². The van der Waals surface area contributed by atoms with Crippen molar-refractivity contribution in [2.75, 3.05) is 5.75 Å². The van der Waals surface area contributed by atoms with Crippen LogP contribution in [0.1, 0.15) is 55.9 Å². The van der Waals surface area contributed by atoms with Gasteiger partial charge in [0.05, 0.1) is 17.2 Å². The van der Waals surface area contributed by atoms with E-state index in [1.165, 1.54) is 28.6 Å². The van der Waals surface area contributed by atoms with Crippen molar-refractivity contribution in [3.63, 3.8) is 0 Å². The molecule has 1 saturated carbocycles. The first kappa shape index (κ1) is 19.5. The number of nitrogens with one attached hydrogen (secondary N) is 1. The number of hydrogen-bond acceptors (Lipinski definition) is 6. The van der Waals surface area contributed by atoms with Gasteiger partial charge in [-0.2, -0.15) is 5.26 Å². The Kier molecular flexibility index (Phi) is 5.48. The number of thiophene rings is 1. The van der Waals surface area contributed by atoms with E-state index < -0.39 is 5.54 Å². The van der Waals surface area contributed by atoms with Crippen LogP contribution in [-0.2, 0) is 24.2 Å². The molecule has 2 aromatic heterocycles. The number of carbonyl (C=O) groups is 1. The summed E-state index contributed by atoms with van der Waals surface area (Å²) in [5, 5.41) is 13.7. The van der Waals surface area contributed by atoms with Crippen LogP contribution in [0.3, 0.4) is 0 Å². The van der Waals surface area contributed by atoms with E-state index in [0.717, 1.165) is 42.3 Å². The van der Waals surface area contributed by atoms with Crippen LogP contribution in [0.5, 0.6) is 0 Å². The van der Waals surface area contributed by atoms with Gasteiger partial charge < -0.3 is 5.32 Å². The smallest absolute Gasteiger partial charge is 0.263 e. The lowest BCUT2D eigenvalue weighted by Gasteiger charge is -2.21. The molecule has 0 spiro atoms. The highest BCUT2D eigenvalue weighted by atomic mass is 32.2. The topological polar surface area (TPSA) is 87.8 Å². The number of rotatable bonds is 5. The molecule has 0 saturated heterocycles. The van der Waals surface area contributed by atoms with E-state index in [1.807, 2.05) is 6.92 Å². The van der Waals surface area contributed by atoms with Crippen LogP contribution in [0.4, 0.5) is 0 Å². The summed E-state index contributed by atoms with van der Waals surface area (Å²) in [7, 11) is 0. The van der Waals surface area contributed by atoms with E-state index >= 15 is 0 Å². The molecular formula is C20H24N4O2S2. The SMILES string of the molecule is CCn1c(SCC(=O)NC2(C#N)CCCC2)nc2sc3c(c2c1=O)CCCC3. The molecule has 1 N–H and O–H groups in total. The predicted octanol–water partition coefficient (Wildman–Crippen LogP) is 3.40. The van der Waals surface area contributed by atoms with Gasteiger partial charge >= 0.3 is 0 Å². The molecule has 148 valence electrons. The lowest BCUT2D eigenvalue weighted by atomic mass is 9.97. The number of aryl methyl sites for hydroxylation is 2. The van der Waals surface area contributed by atoms with Crippen molar-refractivity contribution in [1.29, 1.82) is 5.26 Å². The van der Waals surface area contributed by atoms with E-state index in [9.17, 15) is 14.9 Å². The van der Waals surface area contributed by atoms with Crippen molar-refractivity contribution in [3.8, 4) is 6.07 Å². The fourth-order valence-electron chi connectivity index (χ4n) is 4.29. The van der Waals surface area contributed by atoms with Crippen LogP contribution >= 0.6 is 23.1 Å². The van der Waals surface area contributed by atoms with Crippen LogP contribution in [0.15, 0.2) is 9.95 Å². The standard InChI is InChI=1S/C20H24N4O2S2/c1-2-24-18(26)16-13-7-3-4-8-14(13)28-17(16)22-19(24)27-11-15(25)23-20(12-21)9-5-6-10-20/h2-11H2,1H3,(H,23,25). The monoisotopic (exact) mass is 416 g/mol. The molecule has 2 aliphatic rings. The van der Waals surface area contributed by atoms with Gasteiger partial charge in [0.15, 0.2) is 5.16 Å². The first-order valence-electron chi connectivity index (χ1n) is 9.97. The Hall–Kier alpha value is -1.85. The van der Waals surface area contributed by atoms with E-state index in [4.69, 9.17) is 4.98 Å². The number of aromatic nitrogens is 2. The fraction of sp³-hybridized carbons (Fsp3) is 0.600. The summed E-state index contributed by atoms with van der Waals surface area (Å²) in [5.74, 6) is -0.0112. The molecular weight excluding hydrogens is 392 g/mol. The van der Waals surface area contributed by atoms with Gasteiger partial charge in [0.1, 0.15) is 10.4 Å². The summed E-state index contributed by atoms with van der Waals surface area (Å²) < 4.78 is 1.68. The van der Waals surface area contributed by atoms with Crippen molar-refractivity contribution >= 4 is 39.2 Å². The summed E-state index contributed by atoms with van der Waals surface area (Å²) in [6.07, 6.45) is 7.65. The molecule has 4 rings (SSSR count). The van der Waals surface area contributed by atoms with E-state index in [0.29, 0.717) is 24.5 Å². The minimum atomic E-state index is -0.716. The molecule has 1 amide bonds. The lowest BCUT2D eigenvalue weighted by molar-refractivity contribution is -0.119. The third-order valence-electron chi connectivity index (χ3n) is 5.74. The quantitative estimate of drug-likeness (QED) is 0.596. The number of nitrogens with zero attached hydrogens (tertiary/aromatic N) is 3. The Bertz CT molecular complexity index is 1010. The predicted molar refractivity (Wildman–Crippen MR) is 112 cm³/mol. The number of thioether (sulfide) groups is 1. The summed E-state index contributed by atoms with van der Waals surface area (Å²) in [6, 6.07) is 2.28. The van der Waals surface area contributed by atoms with Crippen molar-refractivity contribution in [3.05, 3.63) is 20.8 Å². The highest BCUT2D eigenvalue weighted by Crippen LogP contribution is 2.35. The minimum Gasteiger partial charge on any atom is -0.337 e. The zero-order chi connectivity index (χ0) is 19.7. The second-order valence-electron chi connectivity index (χ2n) is 7.57. The average Bonchev–Trinajstić information content (AvgIpc) is 3.31. The molecule has 6 nitrogen and oxygen atoms in total. The normalized spacial score (nSPS) is 18.0. The molecule has 2 aliphatic carbocycles. The number of amides is 1. The van der Waals surface area contributed by atoms with E-state index in [2.05, 4.69) is 11.4 Å². The van der Waals surface area contributed by atoms with Gasteiger partial charge in [-0.1, -0.05) is 11.8 Å². The van der Waals surface area contributed by atoms with Gasteiger partial charge in [-0.15, -0.1) is 11.3 Å². The van der Waals surface area contributed by atoms with Crippen LogP contribution < -0.4 is 10.9 Å². The second kappa shape index (κ2) is 7.88. The molecule has 1 fully saturated rings. The Labute approximate surface area is 172 Å². The Morgan fingerprint density at radius 3 is 2.79 bits per heavy atom. The Morgan fingerprint density at radius 1 is 1.32 bits per heavy atom. The van der Waals surface area contributed by atoms with Crippen LogP contribution in [0, 0.1) is 11.3 Å². The van der Waals surface area contributed by atoms with Crippen LogP contribution in [-0.4, -0.2) is 26.8 Å². The highest BCUT2D eigenvalue weighted by Gasteiger charge is 2.35. The fourth-order valence-corrected chi connectivity index (χ4v) is 6.45. The van der Waals surface area contributed by atoms with Gasteiger partial charge in [-0.05, 0) is 63.9 Å². The van der Waals surface area contributed by atoms with Crippen LogP contribution in [0.2, 0.25) is 0 Å². The maximum atomic E-state index is 13.1. The number of fused-ring (bicyclic) bond motifs is 3. The molecule has 0 atom stereocenters. The van der Waals surface area contributed by atoms with E-state index in [-0.39, 0.29) is 17.2 Å². The molecule has 0 unspecified atom stereocenters.